The van der Waals surface area contributed by atoms with Gasteiger partial charge in [-0.2, -0.15) is 9.97 Å². The fraction of sp³-hybridized carbons (Fsp3) is 0. The first-order valence-corrected chi connectivity index (χ1v) is 16.3. The van der Waals surface area contributed by atoms with E-state index in [2.05, 4.69) is 18.2 Å². The topological polar surface area (TPSA) is 111 Å². The van der Waals surface area contributed by atoms with Crippen LogP contribution in [0.5, 0.6) is 0 Å². The number of para-hydroxylation sites is 2. The molecule has 0 aliphatic heterocycles. The Hall–Kier alpha value is -7.33. The average molecular weight is 666 g/mol. The summed E-state index contributed by atoms with van der Waals surface area (Å²) in [7, 11) is 0. The van der Waals surface area contributed by atoms with Gasteiger partial charge in [0.25, 0.3) is 0 Å². The third kappa shape index (κ3) is 4.26. The first kappa shape index (κ1) is 27.6. The van der Waals surface area contributed by atoms with E-state index in [0.717, 1.165) is 60.6 Å². The molecule has 7 aromatic heterocycles. The lowest BCUT2D eigenvalue weighted by Gasteiger charge is -2.20. The zero-order valence-corrected chi connectivity index (χ0v) is 26.6. The van der Waals surface area contributed by atoms with Crippen molar-refractivity contribution in [3.05, 3.63) is 140 Å². The number of fused-ring (bicyclic) bond motifs is 9. The molecule has 0 aliphatic carbocycles. The van der Waals surface area contributed by atoms with Gasteiger partial charge in [-0.3, -0.25) is 9.80 Å². The second-order valence-electron chi connectivity index (χ2n) is 12.1. The smallest absolute Gasteiger partial charge is 0.250 e. The second-order valence-corrected chi connectivity index (χ2v) is 12.1. The van der Waals surface area contributed by atoms with Crippen LogP contribution in [-0.4, -0.2) is 15.0 Å². The second kappa shape index (κ2) is 10.6. The molecule has 0 saturated heterocycles. The highest BCUT2D eigenvalue weighted by Crippen LogP contribution is 2.41. The maximum absolute atomic E-state index is 6.32. The standard InChI is InChI=1S/C41H23N5O5/c1-3-9-31-26(7-1)28-15-13-24(21-33(28)49-31)45(37-11-5-19-47-37)35-18-17-30-39-41(51-40(30)43-35)44-36(23-42-39)46(38-12-6-20-48-38)25-14-16-29-27-8-2-4-10-32(27)50-34(29)22-25/h1-23H. The number of nitrogens with zero attached hydrogens (tertiary/aromatic N) is 5. The van der Waals surface area contributed by atoms with Gasteiger partial charge in [0.05, 0.1) is 35.5 Å². The van der Waals surface area contributed by atoms with Crippen LogP contribution in [0.3, 0.4) is 0 Å². The molecule has 51 heavy (non-hydrogen) atoms. The summed E-state index contributed by atoms with van der Waals surface area (Å²) in [6, 6.07) is 39.4. The molecular formula is C41H23N5O5. The molecule has 0 bridgehead atoms. The molecule has 11 rings (SSSR count). The quantitative estimate of drug-likeness (QED) is 0.170. The van der Waals surface area contributed by atoms with Crippen LogP contribution in [0, 0.1) is 0 Å². The molecular weight excluding hydrogens is 642 g/mol. The minimum atomic E-state index is 0.335. The van der Waals surface area contributed by atoms with E-state index >= 15 is 0 Å². The van der Waals surface area contributed by atoms with Crippen molar-refractivity contribution < 1.29 is 22.1 Å². The minimum absolute atomic E-state index is 0.335. The molecule has 10 nitrogen and oxygen atoms in total. The molecule has 0 saturated carbocycles. The fourth-order valence-corrected chi connectivity index (χ4v) is 6.88. The van der Waals surface area contributed by atoms with Gasteiger partial charge in [-0.25, -0.2) is 4.98 Å². The van der Waals surface area contributed by atoms with Crippen molar-refractivity contribution in [2.24, 2.45) is 0 Å². The number of anilines is 6. The predicted molar refractivity (Wildman–Crippen MR) is 196 cm³/mol. The van der Waals surface area contributed by atoms with Gasteiger partial charge in [0, 0.05) is 45.8 Å². The van der Waals surface area contributed by atoms with Crippen molar-refractivity contribution >= 4 is 101 Å². The van der Waals surface area contributed by atoms with Gasteiger partial charge in [-0.1, -0.05) is 36.4 Å². The van der Waals surface area contributed by atoms with E-state index in [-0.39, 0.29) is 0 Å². The summed E-state index contributed by atoms with van der Waals surface area (Å²) in [5.41, 5.74) is 6.08. The van der Waals surface area contributed by atoms with Crippen LogP contribution in [0.2, 0.25) is 0 Å². The molecule has 7 heterocycles. The Morgan fingerprint density at radius 1 is 0.431 bits per heavy atom. The van der Waals surface area contributed by atoms with E-state index in [1.54, 1.807) is 18.7 Å². The zero-order valence-electron chi connectivity index (χ0n) is 26.6. The molecule has 11 aromatic rings. The van der Waals surface area contributed by atoms with Gasteiger partial charge in [0.15, 0.2) is 5.82 Å². The lowest BCUT2D eigenvalue weighted by molar-refractivity contribution is 0.572. The van der Waals surface area contributed by atoms with Crippen molar-refractivity contribution in [2.45, 2.75) is 0 Å². The predicted octanol–water partition coefficient (Wildman–Crippen LogP) is 11.7. The van der Waals surface area contributed by atoms with Crippen LogP contribution in [0.1, 0.15) is 0 Å². The van der Waals surface area contributed by atoms with Crippen molar-refractivity contribution in [1.29, 1.82) is 0 Å². The summed E-state index contributed by atoms with van der Waals surface area (Å²) < 4.78 is 30.5. The zero-order chi connectivity index (χ0) is 33.5. The summed E-state index contributed by atoms with van der Waals surface area (Å²) in [5.74, 6) is 2.24. The van der Waals surface area contributed by atoms with Gasteiger partial charge < -0.3 is 22.1 Å². The highest BCUT2D eigenvalue weighted by atomic mass is 16.4. The van der Waals surface area contributed by atoms with Crippen molar-refractivity contribution in [3.8, 4) is 0 Å². The summed E-state index contributed by atoms with van der Waals surface area (Å²) >= 11 is 0. The largest absolute Gasteiger partial charge is 0.456 e. The summed E-state index contributed by atoms with van der Waals surface area (Å²) in [6.07, 6.45) is 4.96. The minimum Gasteiger partial charge on any atom is -0.456 e. The first-order valence-electron chi connectivity index (χ1n) is 16.3. The highest BCUT2D eigenvalue weighted by molar-refractivity contribution is 6.07. The van der Waals surface area contributed by atoms with Crippen molar-refractivity contribution in [3.63, 3.8) is 0 Å². The van der Waals surface area contributed by atoms with Crippen LogP contribution in [0.4, 0.5) is 34.8 Å². The van der Waals surface area contributed by atoms with Crippen molar-refractivity contribution in [1.82, 2.24) is 15.0 Å². The van der Waals surface area contributed by atoms with Crippen molar-refractivity contribution in [2.75, 3.05) is 9.80 Å². The normalized spacial score (nSPS) is 11.9. The number of benzene rings is 4. The molecule has 4 aromatic carbocycles. The Morgan fingerprint density at radius 2 is 0.980 bits per heavy atom. The van der Waals surface area contributed by atoms with Gasteiger partial charge >= 0.3 is 0 Å². The average Bonchev–Trinajstić information content (AvgIpc) is 4.01. The molecule has 242 valence electrons. The third-order valence-electron chi connectivity index (χ3n) is 9.17. The SMILES string of the molecule is c1coc(N(c2ccc3c(c2)oc2ccccc23)c2ccc3c(n2)oc2nc(N(c4ccc5c(c4)oc4ccccc45)c4ccco4)cnc23)c1. The number of hydrogen-bond acceptors (Lipinski definition) is 10. The maximum atomic E-state index is 6.32. The fourth-order valence-electron chi connectivity index (χ4n) is 6.88. The molecule has 0 unspecified atom stereocenters. The summed E-state index contributed by atoms with van der Waals surface area (Å²) in [5, 5.41) is 4.90. The molecule has 0 atom stereocenters. The van der Waals surface area contributed by atoms with Gasteiger partial charge in [-0.05, 0) is 60.7 Å². The van der Waals surface area contributed by atoms with Crippen LogP contribution in [0.25, 0.3) is 66.2 Å². The number of rotatable bonds is 6. The van der Waals surface area contributed by atoms with Gasteiger partial charge in [0.2, 0.25) is 23.2 Å². The highest BCUT2D eigenvalue weighted by Gasteiger charge is 2.23. The van der Waals surface area contributed by atoms with Gasteiger partial charge in [0.1, 0.15) is 33.7 Å². The van der Waals surface area contributed by atoms with E-state index in [9.17, 15) is 0 Å². The molecule has 0 fully saturated rings. The molecule has 0 radical (unpaired) electrons. The summed E-state index contributed by atoms with van der Waals surface area (Å²) in [4.78, 5) is 18.5. The number of hydrogen-bond donors (Lipinski definition) is 0. The number of aromatic nitrogens is 3. The molecule has 0 aliphatic rings. The van der Waals surface area contributed by atoms with E-state index in [1.165, 1.54) is 0 Å². The van der Waals surface area contributed by atoms with Crippen LogP contribution in [-0.2, 0) is 0 Å². The molecule has 0 N–H and O–H groups in total. The Bertz CT molecular complexity index is 2860. The lowest BCUT2D eigenvalue weighted by atomic mass is 10.1. The van der Waals surface area contributed by atoms with E-state index in [1.807, 2.05) is 113 Å². The monoisotopic (exact) mass is 665 g/mol. The van der Waals surface area contributed by atoms with Crippen LogP contribution < -0.4 is 9.80 Å². The first-order chi connectivity index (χ1) is 25.2. The molecule has 10 heteroatoms. The Kier molecular flexibility index (Phi) is 5.73. The number of pyridine rings is 1. The van der Waals surface area contributed by atoms with Gasteiger partial charge in [-0.15, -0.1) is 0 Å². The Balaban J connectivity index is 1.02. The lowest BCUT2D eigenvalue weighted by Crippen LogP contribution is -2.11. The molecule has 0 amide bonds. The number of furan rings is 5. The summed E-state index contributed by atoms with van der Waals surface area (Å²) in [6.45, 7) is 0. The van der Waals surface area contributed by atoms with E-state index < -0.39 is 0 Å². The van der Waals surface area contributed by atoms with E-state index in [4.69, 9.17) is 37.0 Å². The van der Waals surface area contributed by atoms with Crippen LogP contribution in [0.15, 0.2) is 162 Å². The van der Waals surface area contributed by atoms with E-state index in [0.29, 0.717) is 40.3 Å². The van der Waals surface area contributed by atoms with Crippen LogP contribution >= 0.6 is 0 Å². The third-order valence-corrected chi connectivity index (χ3v) is 9.17. The molecule has 0 spiro atoms. The Morgan fingerprint density at radius 3 is 1.59 bits per heavy atom. The Labute approximate surface area is 287 Å². The maximum Gasteiger partial charge on any atom is 0.250 e.